The SMILES string of the molecule is CC(=O)N1C(C)(C)CC(NC(=O)CCCCC(=O)NNC(=O)OC2CC(C)(C)N(C)C(C)(C)C2)CC1(C)C. The fourth-order valence-corrected chi connectivity index (χ4v) is 6.83. The van der Waals surface area contributed by atoms with Gasteiger partial charge in [0.2, 0.25) is 17.7 Å². The number of carbonyl (C=O) groups is 4. The molecule has 0 bridgehead atoms. The fraction of sp³-hybridized carbons (Fsp3) is 0.857. The van der Waals surface area contributed by atoms with E-state index in [0.29, 0.717) is 44.9 Å². The van der Waals surface area contributed by atoms with Gasteiger partial charge in [-0.3, -0.25) is 24.7 Å². The minimum absolute atomic E-state index is 0.0117. The van der Waals surface area contributed by atoms with Crippen LogP contribution in [0.15, 0.2) is 0 Å². The monoisotopic (exact) mass is 537 g/mol. The maximum atomic E-state index is 12.5. The predicted molar refractivity (Wildman–Crippen MR) is 147 cm³/mol. The molecular weight excluding hydrogens is 486 g/mol. The molecule has 0 aliphatic carbocycles. The molecule has 2 aliphatic heterocycles. The summed E-state index contributed by atoms with van der Waals surface area (Å²) in [5.41, 5.74) is 3.82. The van der Waals surface area contributed by atoms with E-state index < -0.39 is 6.09 Å². The van der Waals surface area contributed by atoms with Gasteiger partial charge in [-0.2, -0.15) is 0 Å². The van der Waals surface area contributed by atoms with E-state index in [1.54, 1.807) is 6.92 Å². The topological polar surface area (TPSA) is 120 Å². The number of nitrogens with zero attached hydrogens (tertiary/aromatic N) is 2. The second kappa shape index (κ2) is 11.8. The van der Waals surface area contributed by atoms with E-state index in [-0.39, 0.29) is 58.4 Å². The van der Waals surface area contributed by atoms with Crippen LogP contribution in [0.3, 0.4) is 0 Å². The van der Waals surface area contributed by atoms with Gasteiger partial charge in [0.15, 0.2) is 0 Å². The van der Waals surface area contributed by atoms with Crippen LogP contribution in [0, 0.1) is 0 Å². The van der Waals surface area contributed by atoms with Gasteiger partial charge in [-0.15, -0.1) is 0 Å². The molecule has 38 heavy (non-hydrogen) atoms. The highest BCUT2D eigenvalue weighted by molar-refractivity contribution is 5.79. The highest BCUT2D eigenvalue weighted by Crippen LogP contribution is 2.39. The number of nitrogens with one attached hydrogen (secondary N) is 3. The first-order valence-electron chi connectivity index (χ1n) is 13.9. The van der Waals surface area contributed by atoms with E-state index in [1.165, 1.54) is 0 Å². The van der Waals surface area contributed by atoms with Gasteiger partial charge < -0.3 is 15.0 Å². The lowest BCUT2D eigenvalue weighted by atomic mass is 9.77. The lowest BCUT2D eigenvalue weighted by Gasteiger charge is -2.55. The number of hydrogen-bond donors (Lipinski definition) is 3. The molecule has 10 heteroatoms. The average Bonchev–Trinajstić information content (AvgIpc) is 2.70. The van der Waals surface area contributed by atoms with Gasteiger partial charge in [0.1, 0.15) is 6.10 Å². The van der Waals surface area contributed by atoms with Crippen LogP contribution in [0.2, 0.25) is 0 Å². The molecule has 2 rings (SSSR count). The Morgan fingerprint density at radius 2 is 1.21 bits per heavy atom. The second-order valence-electron chi connectivity index (χ2n) is 13.7. The Morgan fingerprint density at radius 1 is 0.737 bits per heavy atom. The Kier molecular flexibility index (Phi) is 9.89. The van der Waals surface area contributed by atoms with Crippen molar-refractivity contribution < 1.29 is 23.9 Å². The lowest BCUT2D eigenvalue weighted by Crippen LogP contribution is -2.65. The molecule has 0 atom stereocenters. The summed E-state index contributed by atoms with van der Waals surface area (Å²) in [7, 11) is 2.08. The number of likely N-dealkylation sites (tertiary alicyclic amines) is 2. The molecule has 0 aromatic carbocycles. The first kappa shape index (κ1) is 31.9. The van der Waals surface area contributed by atoms with Crippen molar-refractivity contribution in [1.82, 2.24) is 26.0 Å². The van der Waals surface area contributed by atoms with E-state index in [9.17, 15) is 19.2 Å². The Hall–Kier alpha value is -2.36. The second-order valence-corrected chi connectivity index (χ2v) is 13.7. The van der Waals surface area contributed by atoms with Gasteiger partial charge in [0.25, 0.3) is 0 Å². The predicted octanol–water partition coefficient (Wildman–Crippen LogP) is 3.64. The number of rotatable bonds is 7. The average molecular weight is 538 g/mol. The van der Waals surface area contributed by atoms with Crippen LogP contribution in [-0.2, 0) is 19.1 Å². The first-order chi connectivity index (χ1) is 17.3. The summed E-state index contributed by atoms with van der Waals surface area (Å²) in [6, 6.07) is -0.0117. The van der Waals surface area contributed by atoms with Crippen LogP contribution >= 0.6 is 0 Å². The molecule has 10 nitrogen and oxygen atoms in total. The Bertz CT molecular complexity index is 862. The highest BCUT2D eigenvalue weighted by Gasteiger charge is 2.47. The largest absolute Gasteiger partial charge is 0.445 e. The maximum Gasteiger partial charge on any atom is 0.426 e. The van der Waals surface area contributed by atoms with Crippen molar-refractivity contribution in [2.45, 2.75) is 148 Å². The Balaban J connectivity index is 1.67. The summed E-state index contributed by atoms with van der Waals surface area (Å²) in [5, 5.41) is 3.12. The molecule has 0 unspecified atom stereocenters. The lowest BCUT2D eigenvalue weighted by molar-refractivity contribution is -0.148. The van der Waals surface area contributed by atoms with Crippen LogP contribution in [0.4, 0.5) is 4.79 Å². The quantitative estimate of drug-likeness (QED) is 0.337. The van der Waals surface area contributed by atoms with Crippen LogP contribution in [0.5, 0.6) is 0 Å². The fourth-order valence-electron chi connectivity index (χ4n) is 6.83. The molecule has 2 saturated heterocycles. The van der Waals surface area contributed by atoms with Crippen LogP contribution in [-0.4, -0.2) is 75.0 Å². The standard InChI is InChI=1S/C28H51N5O5/c1-19(34)33-27(6,7)15-20(16-28(33,8)9)29-22(35)13-11-12-14-23(36)30-31-24(37)38-21-17-25(2,3)32(10)26(4,5)18-21/h20-21H,11-18H2,1-10H3,(H,29,35)(H,30,36)(H,31,37). The van der Waals surface area contributed by atoms with Crippen molar-refractivity contribution in [3.63, 3.8) is 0 Å². The summed E-state index contributed by atoms with van der Waals surface area (Å²) in [4.78, 5) is 53.4. The van der Waals surface area contributed by atoms with Crippen molar-refractivity contribution in [3.05, 3.63) is 0 Å². The third-order valence-corrected chi connectivity index (χ3v) is 8.29. The van der Waals surface area contributed by atoms with Crippen molar-refractivity contribution in [1.29, 1.82) is 0 Å². The number of hydrogen-bond acceptors (Lipinski definition) is 6. The maximum absolute atomic E-state index is 12.5. The van der Waals surface area contributed by atoms with Gasteiger partial charge in [0, 0.05) is 60.8 Å². The van der Waals surface area contributed by atoms with Crippen LogP contribution in [0.25, 0.3) is 0 Å². The molecule has 3 N–H and O–H groups in total. The third kappa shape index (κ3) is 8.32. The minimum atomic E-state index is -0.666. The van der Waals surface area contributed by atoms with Gasteiger partial charge in [-0.1, -0.05) is 0 Å². The smallest absolute Gasteiger partial charge is 0.426 e. The van der Waals surface area contributed by atoms with E-state index in [4.69, 9.17) is 4.74 Å². The van der Waals surface area contributed by atoms with Gasteiger partial charge >= 0.3 is 6.09 Å². The van der Waals surface area contributed by atoms with Gasteiger partial charge in [0.05, 0.1) is 0 Å². The normalized spacial score (nSPS) is 22.8. The minimum Gasteiger partial charge on any atom is -0.445 e. The van der Waals surface area contributed by atoms with Crippen molar-refractivity contribution in [2.75, 3.05) is 7.05 Å². The number of amides is 4. The summed E-state index contributed by atoms with van der Waals surface area (Å²) in [6.45, 7) is 18.2. The molecule has 2 fully saturated rings. The summed E-state index contributed by atoms with van der Waals surface area (Å²) < 4.78 is 5.57. The highest BCUT2D eigenvalue weighted by atomic mass is 16.6. The summed E-state index contributed by atoms with van der Waals surface area (Å²) >= 11 is 0. The molecule has 0 radical (unpaired) electrons. The zero-order chi connectivity index (χ0) is 29.1. The first-order valence-corrected chi connectivity index (χ1v) is 13.9. The van der Waals surface area contributed by atoms with E-state index in [0.717, 1.165) is 0 Å². The van der Waals surface area contributed by atoms with Crippen LogP contribution < -0.4 is 16.2 Å². The zero-order valence-corrected chi connectivity index (χ0v) is 25.2. The van der Waals surface area contributed by atoms with E-state index in [2.05, 4.69) is 55.8 Å². The third-order valence-electron chi connectivity index (χ3n) is 8.29. The number of unbranched alkanes of at least 4 members (excludes halogenated alkanes) is 1. The van der Waals surface area contributed by atoms with Crippen molar-refractivity contribution in [2.24, 2.45) is 0 Å². The van der Waals surface area contributed by atoms with E-state index >= 15 is 0 Å². The zero-order valence-electron chi connectivity index (χ0n) is 25.2. The Morgan fingerprint density at radius 3 is 1.68 bits per heavy atom. The molecular formula is C28H51N5O5. The van der Waals surface area contributed by atoms with Crippen molar-refractivity contribution >= 4 is 23.8 Å². The number of carbonyl (C=O) groups excluding carboxylic acids is 4. The molecule has 0 spiro atoms. The van der Waals surface area contributed by atoms with Crippen LogP contribution in [0.1, 0.15) is 114 Å². The van der Waals surface area contributed by atoms with Gasteiger partial charge in [-0.25, -0.2) is 10.2 Å². The van der Waals surface area contributed by atoms with Gasteiger partial charge in [-0.05, 0) is 88.1 Å². The Labute approximate surface area is 228 Å². The van der Waals surface area contributed by atoms with E-state index in [1.807, 2.05) is 32.6 Å². The number of ether oxygens (including phenoxy) is 1. The molecule has 2 aliphatic rings. The molecule has 0 aromatic heterocycles. The molecule has 2 heterocycles. The number of piperidine rings is 2. The molecule has 0 aromatic rings. The molecule has 4 amide bonds. The summed E-state index contributed by atoms with van der Waals surface area (Å²) in [5.74, 6) is -0.337. The van der Waals surface area contributed by atoms with Crippen molar-refractivity contribution in [3.8, 4) is 0 Å². The number of hydrazine groups is 1. The molecule has 0 saturated carbocycles. The summed E-state index contributed by atoms with van der Waals surface area (Å²) in [6.07, 6.45) is 3.49. The molecule has 218 valence electrons.